The van der Waals surface area contributed by atoms with Gasteiger partial charge in [0.1, 0.15) is 11.3 Å². The van der Waals surface area contributed by atoms with Crippen LogP contribution in [0.15, 0.2) is 78.9 Å². The Kier molecular flexibility index (Phi) is 5.64. The van der Waals surface area contributed by atoms with Crippen molar-refractivity contribution in [1.82, 2.24) is 10.2 Å². The van der Waals surface area contributed by atoms with Crippen molar-refractivity contribution in [3.63, 3.8) is 0 Å². The van der Waals surface area contributed by atoms with Crippen LogP contribution in [0.25, 0.3) is 0 Å². The van der Waals surface area contributed by atoms with Gasteiger partial charge in [0.2, 0.25) is 0 Å². The lowest BCUT2D eigenvalue weighted by molar-refractivity contribution is -0.131. The number of nitrogens with one attached hydrogen (secondary N) is 2. The van der Waals surface area contributed by atoms with E-state index >= 15 is 0 Å². The van der Waals surface area contributed by atoms with E-state index in [1.807, 2.05) is 30.3 Å². The number of imide groups is 1. The van der Waals surface area contributed by atoms with E-state index in [1.54, 1.807) is 62.6 Å². The number of hydrogen-bond acceptors (Lipinski definition) is 4. The predicted molar refractivity (Wildman–Crippen MR) is 120 cm³/mol. The fourth-order valence-corrected chi connectivity index (χ4v) is 3.64. The minimum atomic E-state index is -1.18. The fraction of sp³-hybridized carbons (Fsp3) is 0.160. The standard InChI is InChI=1S/C25H23N3O4/c1-25(19-7-6-10-21(15-19)32-2)23(30)28(24(31)27-25)16-17-11-13-18(14-12-17)22(29)26-20-8-4-3-5-9-20/h3-15H,16H2,1-2H3,(H,26,29)(H,27,31). The van der Waals surface area contributed by atoms with Gasteiger partial charge in [-0.1, -0.05) is 42.5 Å². The maximum atomic E-state index is 13.2. The lowest BCUT2D eigenvalue weighted by atomic mass is 9.92. The smallest absolute Gasteiger partial charge is 0.325 e. The van der Waals surface area contributed by atoms with Crippen LogP contribution in [0.4, 0.5) is 10.5 Å². The van der Waals surface area contributed by atoms with Gasteiger partial charge in [-0.2, -0.15) is 0 Å². The molecule has 1 unspecified atom stereocenters. The molecule has 0 spiro atoms. The van der Waals surface area contributed by atoms with E-state index in [9.17, 15) is 14.4 Å². The summed E-state index contributed by atoms with van der Waals surface area (Å²) in [4.78, 5) is 39.4. The van der Waals surface area contributed by atoms with Crippen LogP contribution < -0.4 is 15.4 Å². The number of amides is 4. The third kappa shape index (κ3) is 4.05. The first-order valence-electron chi connectivity index (χ1n) is 10.1. The molecule has 0 aliphatic carbocycles. The van der Waals surface area contributed by atoms with Gasteiger partial charge in [0.25, 0.3) is 11.8 Å². The van der Waals surface area contributed by atoms with Crippen molar-refractivity contribution < 1.29 is 19.1 Å². The number of hydrogen-bond donors (Lipinski definition) is 2. The van der Waals surface area contributed by atoms with Gasteiger partial charge in [-0.15, -0.1) is 0 Å². The second-order valence-corrected chi connectivity index (χ2v) is 7.70. The average molecular weight is 429 g/mol. The summed E-state index contributed by atoms with van der Waals surface area (Å²) in [5.74, 6) is 0.0265. The van der Waals surface area contributed by atoms with E-state index in [-0.39, 0.29) is 18.4 Å². The maximum absolute atomic E-state index is 13.2. The lowest BCUT2D eigenvalue weighted by Gasteiger charge is -2.22. The zero-order chi connectivity index (χ0) is 22.7. The molecule has 162 valence electrons. The van der Waals surface area contributed by atoms with Crippen LogP contribution in [0.5, 0.6) is 5.75 Å². The molecule has 0 bridgehead atoms. The monoisotopic (exact) mass is 429 g/mol. The number of benzene rings is 3. The number of rotatable bonds is 6. The highest BCUT2D eigenvalue weighted by molar-refractivity contribution is 6.07. The largest absolute Gasteiger partial charge is 0.497 e. The number of methoxy groups -OCH3 is 1. The summed E-state index contributed by atoms with van der Waals surface area (Å²) < 4.78 is 5.24. The highest BCUT2D eigenvalue weighted by Crippen LogP contribution is 2.31. The van der Waals surface area contributed by atoms with Gasteiger partial charge >= 0.3 is 6.03 Å². The van der Waals surface area contributed by atoms with Crippen LogP contribution in [0.2, 0.25) is 0 Å². The lowest BCUT2D eigenvalue weighted by Crippen LogP contribution is -2.40. The highest BCUT2D eigenvalue weighted by atomic mass is 16.5. The molecule has 3 aromatic carbocycles. The zero-order valence-corrected chi connectivity index (χ0v) is 17.8. The van der Waals surface area contributed by atoms with Gasteiger partial charge in [-0.05, 0) is 54.4 Å². The first-order chi connectivity index (χ1) is 15.4. The first kappa shape index (κ1) is 21.1. The van der Waals surface area contributed by atoms with E-state index in [0.29, 0.717) is 22.6 Å². The summed E-state index contributed by atoms with van der Waals surface area (Å²) >= 11 is 0. The third-order valence-corrected chi connectivity index (χ3v) is 5.51. The Hall–Kier alpha value is -4.13. The van der Waals surface area contributed by atoms with Gasteiger partial charge < -0.3 is 15.4 Å². The summed E-state index contributed by atoms with van der Waals surface area (Å²) in [5, 5.41) is 5.62. The Morgan fingerprint density at radius 2 is 1.72 bits per heavy atom. The number of anilines is 1. The number of nitrogens with zero attached hydrogens (tertiary/aromatic N) is 1. The SMILES string of the molecule is COc1cccc(C2(C)NC(=O)N(Cc3ccc(C(=O)Nc4ccccc4)cc3)C2=O)c1. The normalized spacial score (nSPS) is 17.8. The Labute approximate surface area is 186 Å². The molecular weight excluding hydrogens is 406 g/mol. The Bertz CT molecular complexity index is 1160. The molecule has 1 heterocycles. The number of para-hydroxylation sites is 1. The summed E-state index contributed by atoms with van der Waals surface area (Å²) in [5.41, 5.74) is 1.39. The molecule has 32 heavy (non-hydrogen) atoms. The van der Waals surface area contributed by atoms with Gasteiger partial charge in [-0.25, -0.2) is 4.79 Å². The molecule has 7 nitrogen and oxygen atoms in total. The molecule has 2 N–H and O–H groups in total. The van der Waals surface area contributed by atoms with Crippen molar-refractivity contribution in [2.45, 2.75) is 19.0 Å². The topological polar surface area (TPSA) is 87.7 Å². The minimum absolute atomic E-state index is 0.102. The van der Waals surface area contributed by atoms with Crippen molar-refractivity contribution >= 4 is 23.5 Å². The van der Waals surface area contributed by atoms with Crippen molar-refractivity contribution in [3.05, 3.63) is 95.6 Å². The minimum Gasteiger partial charge on any atom is -0.497 e. The molecular formula is C25H23N3O4. The molecule has 0 radical (unpaired) electrons. The van der Waals surface area contributed by atoms with E-state index < -0.39 is 11.6 Å². The summed E-state index contributed by atoms with van der Waals surface area (Å²) in [6.45, 7) is 1.78. The van der Waals surface area contributed by atoms with Crippen molar-refractivity contribution in [2.24, 2.45) is 0 Å². The van der Waals surface area contributed by atoms with Crippen molar-refractivity contribution in [1.29, 1.82) is 0 Å². The number of urea groups is 1. The molecule has 7 heteroatoms. The van der Waals surface area contributed by atoms with Gasteiger partial charge in [0.05, 0.1) is 13.7 Å². The van der Waals surface area contributed by atoms with Gasteiger partial charge in [0, 0.05) is 11.3 Å². The molecule has 4 rings (SSSR count). The Morgan fingerprint density at radius 1 is 1.00 bits per heavy atom. The molecule has 1 saturated heterocycles. The summed E-state index contributed by atoms with van der Waals surface area (Å²) in [6.07, 6.45) is 0. The first-order valence-corrected chi connectivity index (χ1v) is 10.1. The van der Waals surface area contributed by atoms with E-state index in [2.05, 4.69) is 10.6 Å². The van der Waals surface area contributed by atoms with E-state index in [0.717, 1.165) is 5.56 Å². The maximum Gasteiger partial charge on any atom is 0.325 e. The second kappa shape index (κ2) is 8.55. The Morgan fingerprint density at radius 3 is 2.41 bits per heavy atom. The van der Waals surface area contributed by atoms with Gasteiger partial charge in [0.15, 0.2) is 0 Å². The highest BCUT2D eigenvalue weighted by Gasteiger charge is 2.49. The summed E-state index contributed by atoms with van der Waals surface area (Å²) in [7, 11) is 1.55. The van der Waals surface area contributed by atoms with Crippen molar-refractivity contribution in [3.8, 4) is 5.75 Å². The molecule has 0 aromatic heterocycles. The van der Waals surface area contributed by atoms with Crippen LogP contribution in [-0.2, 0) is 16.9 Å². The molecule has 0 saturated carbocycles. The van der Waals surface area contributed by atoms with Crippen LogP contribution in [0.1, 0.15) is 28.4 Å². The van der Waals surface area contributed by atoms with E-state index in [4.69, 9.17) is 4.74 Å². The van der Waals surface area contributed by atoms with Crippen LogP contribution in [-0.4, -0.2) is 29.9 Å². The third-order valence-electron chi connectivity index (χ3n) is 5.51. The molecule has 3 aromatic rings. The van der Waals surface area contributed by atoms with Crippen LogP contribution in [0, 0.1) is 0 Å². The van der Waals surface area contributed by atoms with Crippen LogP contribution >= 0.6 is 0 Å². The predicted octanol–water partition coefficient (Wildman–Crippen LogP) is 3.91. The zero-order valence-electron chi connectivity index (χ0n) is 17.8. The average Bonchev–Trinajstić information content (AvgIpc) is 3.04. The number of carbonyl (C=O) groups excluding carboxylic acids is 3. The van der Waals surface area contributed by atoms with Crippen LogP contribution in [0.3, 0.4) is 0 Å². The quantitative estimate of drug-likeness (QED) is 0.582. The molecule has 1 fully saturated rings. The fourth-order valence-electron chi connectivity index (χ4n) is 3.64. The van der Waals surface area contributed by atoms with Crippen molar-refractivity contribution in [2.75, 3.05) is 12.4 Å². The number of carbonyl (C=O) groups is 3. The molecule has 1 atom stereocenters. The van der Waals surface area contributed by atoms with Gasteiger partial charge in [-0.3, -0.25) is 14.5 Å². The second-order valence-electron chi connectivity index (χ2n) is 7.70. The van der Waals surface area contributed by atoms with E-state index in [1.165, 1.54) is 4.90 Å². The molecule has 1 aliphatic rings. The molecule has 1 aliphatic heterocycles. The molecule has 4 amide bonds. The Balaban J connectivity index is 1.47. The number of ether oxygens (including phenoxy) is 1. The summed E-state index contributed by atoms with van der Waals surface area (Å²) in [6, 6.07) is 22.6.